The number of aliphatic imine (C=N–C) groups is 1. The molecule has 0 heterocycles. The molecule has 28 heavy (non-hydrogen) atoms. The lowest BCUT2D eigenvalue weighted by Crippen LogP contribution is -2.23. The van der Waals surface area contributed by atoms with Crippen molar-refractivity contribution in [1.82, 2.24) is 5.32 Å². The molecule has 158 valence electrons. The summed E-state index contributed by atoms with van der Waals surface area (Å²) < 4.78 is 11.1. The van der Waals surface area contributed by atoms with Crippen LogP contribution in [0.4, 0.5) is 0 Å². The van der Waals surface area contributed by atoms with E-state index in [4.69, 9.17) is 20.9 Å². The minimum atomic E-state index is 0.0838. The number of benzene rings is 1. The third-order valence-corrected chi connectivity index (χ3v) is 4.33. The van der Waals surface area contributed by atoms with E-state index in [1.165, 1.54) is 25.7 Å². The predicted molar refractivity (Wildman–Crippen MR) is 114 cm³/mol. The van der Waals surface area contributed by atoms with Crippen molar-refractivity contribution in [3.63, 3.8) is 0 Å². The molecule has 0 spiro atoms. The van der Waals surface area contributed by atoms with Crippen LogP contribution in [0, 0.1) is 0 Å². The second-order valence-electron chi connectivity index (χ2n) is 6.79. The number of ether oxygens (including phenoxy) is 2. The molecule has 1 rings (SSSR count). The fourth-order valence-electron chi connectivity index (χ4n) is 2.75. The van der Waals surface area contributed by atoms with Crippen LogP contribution in [0.1, 0.15) is 63.9 Å². The van der Waals surface area contributed by atoms with Gasteiger partial charge < -0.3 is 26.3 Å². The van der Waals surface area contributed by atoms with Gasteiger partial charge in [-0.1, -0.05) is 45.1 Å². The Bertz CT molecular complexity index is 601. The van der Waals surface area contributed by atoms with E-state index in [1.807, 2.05) is 18.2 Å². The van der Waals surface area contributed by atoms with E-state index in [0.717, 1.165) is 18.4 Å². The first kappa shape index (κ1) is 23.6. The zero-order chi connectivity index (χ0) is 20.6. The Kier molecular flexibility index (Phi) is 12.3. The van der Waals surface area contributed by atoms with E-state index >= 15 is 0 Å². The number of carbonyl (C=O) groups excluding carboxylic acids is 1. The number of carbonyl (C=O) groups is 1. The minimum absolute atomic E-state index is 0.0838. The van der Waals surface area contributed by atoms with E-state index in [9.17, 15) is 4.79 Å². The third kappa shape index (κ3) is 10.6. The number of rotatable bonds is 15. The molecule has 0 saturated carbocycles. The van der Waals surface area contributed by atoms with Gasteiger partial charge in [0.15, 0.2) is 17.5 Å². The molecule has 0 radical (unpaired) electrons. The second kappa shape index (κ2) is 14.6. The van der Waals surface area contributed by atoms with Crippen molar-refractivity contribution in [2.24, 2.45) is 16.5 Å². The van der Waals surface area contributed by atoms with Crippen LogP contribution in [0.5, 0.6) is 11.5 Å². The molecular formula is C21H36N4O3. The van der Waals surface area contributed by atoms with Crippen LogP contribution in [-0.2, 0) is 11.3 Å². The lowest BCUT2D eigenvalue weighted by molar-refractivity contribution is -0.121. The molecule has 1 aromatic rings. The average Bonchev–Trinajstić information content (AvgIpc) is 2.69. The first-order chi connectivity index (χ1) is 13.6. The van der Waals surface area contributed by atoms with Crippen molar-refractivity contribution in [2.75, 3.05) is 20.3 Å². The molecular weight excluding hydrogens is 356 g/mol. The lowest BCUT2D eigenvalue weighted by Gasteiger charge is -2.12. The van der Waals surface area contributed by atoms with Gasteiger partial charge in [0.25, 0.3) is 0 Å². The summed E-state index contributed by atoms with van der Waals surface area (Å²) in [4.78, 5) is 15.9. The molecule has 1 aromatic carbocycles. The molecule has 0 aliphatic carbocycles. The molecule has 0 aliphatic heterocycles. The van der Waals surface area contributed by atoms with Crippen molar-refractivity contribution >= 4 is 11.9 Å². The maximum Gasteiger partial charge on any atom is 0.220 e. The lowest BCUT2D eigenvalue weighted by atomic mass is 10.1. The summed E-state index contributed by atoms with van der Waals surface area (Å²) in [5.41, 5.74) is 11.5. The first-order valence-corrected chi connectivity index (χ1v) is 10.2. The predicted octanol–water partition coefficient (Wildman–Crippen LogP) is 3.10. The highest BCUT2D eigenvalue weighted by atomic mass is 16.5. The summed E-state index contributed by atoms with van der Waals surface area (Å²) in [6, 6.07) is 5.67. The molecule has 0 saturated heterocycles. The van der Waals surface area contributed by atoms with Crippen LogP contribution in [0.25, 0.3) is 0 Å². The number of hydrogen-bond donors (Lipinski definition) is 3. The number of unbranched alkanes of at least 4 members (excludes halogenated alkanes) is 5. The Morgan fingerprint density at radius 3 is 2.54 bits per heavy atom. The topological polar surface area (TPSA) is 112 Å². The van der Waals surface area contributed by atoms with Gasteiger partial charge in [-0.2, -0.15) is 0 Å². The molecule has 0 fully saturated rings. The van der Waals surface area contributed by atoms with Crippen molar-refractivity contribution in [2.45, 2.75) is 64.8 Å². The zero-order valence-electron chi connectivity index (χ0n) is 17.3. The number of amides is 1. The normalized spacial score (nSPS) is 10.4. The SMILES string of the molecule is CCCCCCCCC(=O)NCc1ccc(OCCCN=C(N)N)c(OC)c1. The summed E-state index contributed by atoms with van der Waals surface area (Å²) in [6.07, 6.45) is 8.36. The Morgan fingerprint density at radius 2 is 1.82 bits per heavy atom. The monoisotopic (exact) mass is 392 g/mol. The smallest absolute Gasteiger partial charge is 0.220 e. The van der Waals surface area contributed by atoms with E-state index in [1.54, 1.807) is 7.11 Å². The number of nitrogens with zero attached hydrogens (tertiary/aromatic N) is 1. The largest absolute Gasteiger partial charge is 0.493 e. The molecule has 0 aromatic heterocycles. The van der Waals surface area contributed by atoms with Gasteiger partial charge in [-0.15, -0.1) is 0 Å². The van der Waals surface area contributed by atoms with Gasteiger partial charge in [0, 0.05) is 25.9 Å². The molecule has 0 bridgehead atoms. The molecule has 1 amide bonds. The van der Waals surface area contributed by atoms with Gasteiger partial charge in [0.05, 0.1) is 13.7 Å². The summed E-state index contributed by atoms with van der Waals surface area (Å²) in [7, 11) is 1.60. The highest BCUT2D eigenvalue weighted by Gasteiger charge is 2.07. The van der Waals surface area contributed by atoms with Crippen molar-refractivity contribution in [3.8, 4) is 11.5 Å². The molecule has 7 nitrogen and oxygen atoms in total. The van der Waals surface area contributed by atoms with Crippen LogP contribution >= 0.6 is 0 Å². The first-order valence-electron chi connectivity index (χ1n) is 10.2. The summed E-state index contributed by atoms with van der Waals surface area (Å²) in [5, 5.41) is 2.97. The van der Waals surface area contributed by atoms with E-state index in [2.05, 4.69) is 17.2 Å². The number of hydrogen-bond acceptors (Lipinski definition) is 4. The number of guanidine groups is 1. The Labute approximate surface area is 168 Å². The Hall–Kier alpha value is -2.44. The molecule has 0 atom stereocenters. The maximum atomic E-state index is 12.0. The summed E-state index contributed by atoms with van der Waals surface area (Å²) in [5.74, 6) is 1.48. The van der Waals surface area contributed by atoms with Gasteiger partial charge in [0.1, 0.15) is 0 Å². The highest BCUT2D eigenvalue weighted by molar-refractivity contribution is 5.76. The maximum absolute atomic E-state index is 12.0. The molecule has 0 unspecified atom stereocenters. The van der Waals surface area contributed by atoms with Crippen molar-refractivity contribution < 1.29 is 14.3 Å². The third-order valence-electron chi connectivity index (χ3n) is 4.33. The quantitative estimate of drug-likeness (QED) is 0.241. The number of methoxy groups -OCH3 is 1. The van der Waals surface area contributed by atoms with Gasteiger partial charge in [-0.3, -0.25) is 9.79 Å². The fraction of sp³-hybridized carbons (Fsp3) is 0.619. The van der Waals surface area contributed by atoms with Crippen LogP contribution < -0.4 is 26.3 Å². The fourth-order valence-corrected chi connectivity index (χ4v) is 2.75. The van der Waals surface area contributed by atoms with Gasteiger partial charge in [-0.05, 0) is 24.1 Å². The minimum Gasteiger partial charge on any atom is -0.493 e. The Morgan fingerprint density at radius 1 is 1.07 bits per heavy atom. The van der Waals surface area contributed by atoms with Crippen LogP contribution in [0.2, 0.25) is 0 Å². The van der Waals surface area contributed by atoms with E-state index in [0.29, 0.717) is 44.0 Å². The van der Waals surface area contributed by atoms with E-state index in [-0.39, 0.29) is 11.9 Å². The standard InChI is InChI=1S/C21H36N4O3/c1-3-4-5-6-7-8-10-20(26)25-16-17-11-12-18(19(15-17)27-2)28-14-9-13-24-21(22)23/h11-12,15H,3-10,13-14,16H2,1-2H3,(H,25,26)(H4,22,23,24). The number of nitrogens with one attached hydrogen (secondary N) is 1. The van der Waals surface area contributed by atoms with Crippen molar-refractivity contribution in [1.29, 1.82) is 0 Å². The number of nitrogens with two attached hydrogens (primary N) is 2. The summed E-state index contributed by atoms with van der Waals surface area (Å²) in [6.45, 7) is 3.70. The van der Waals surface area contributed by atoms with Crippen LogP contribution in [0.3, 0.4) is 0 Å². The average molecular weight is 393 g/mol. The Balaban J connectivity index is 2.34. The van der Waals surface area contributed by atoms with Gasteiger partial charge >= 0.3 is 0 Å². The van der Waals surface area contributed by atoms with Gasteiger partial charge in [-0.25, -0.2) is 0 Å². The highest BCUT2D eigenvalue weighted by Crippen LogP contribution is 2.28. The molecule has 7 heteroatoms. The van der Waals surface area contributed by atoms with Gasteiger partial charge in [0.2, 0.25) is 5.91 Å². The van der Waals surface area contributed by atoms with E-state index < -0.39 is 0 Å². The molecule has 0 aliphatic rings. The van der Waals surface area contributed by atoms with Crippen LogP contribution in [0.15, 0.2) is 23.2 Å². The zero-order valence-corrected chi connectivity index (χ0v) is 17.3. The second-order valence-corrected chi connectivity index (χ2v) is 6.79. The molecule has 5 N–H and O–H groups in total. The van der Waals surface area contributed by atoms with Crippen LogP contribution in [-0.4, -0.2) is 32.1 Å². The van der Waals surface area contributed by atoms with Crippen molar-refractivity contribution in [3.05, 3.63) is 23.8 Å². The summed E-state index contributed by atoms with van der Waals surface area (Å²) >= 11 is 0.